The first-order valence-corrected chi connectivity index (χ1v) is 10.9. The van der Waals surface area contributed by atoms with Gasteiger partial charge in [-0.05, 0) is 24.6 Å². The van der Waals surface area contributed by atoms with E-state index in [1.807, 2.05) is 18.2 Å². The van der Waals surface area contributed by atoms with E-state index in [0.717, 1.165) is 21.5 Å². The van der Waals surface area contributed by atoms with Gasteiger partial charge in [-0.25, -0.2) is 4.68 Å². The number of para-hydroxylation sites is 1. The minimum Gasteiger partial charge on any atom is -0.295 e. The van der Waals surface area contributed by atoms with Crippen molar-refractivity contribution in [1.29, 1.82) is 0 Å². The first kappa shape index (κ1) is 20.8. The SMILES string of the molecule is O=C1CCC(N2C(=O)c3ccc(-c4cn(Cc5cccc6nccnc56)nn4)cc3C2=O)C(=O)N1. The Hall–Kier alpha value is -4.80. The molecule has 0 saturated carbocycles. The first-order chi connectivity index (χ1) is 17.0. The lowest BCUT2D eigenvalue weighted by Crippen LogP contribution is -2.54. The Morgan fingerprint density at radius 1 is 0.971 bits per heavy atom. The van der Waals surface area contributed by atoms with E-state index in [1.165, 1.54) is 0 Å². The molecule has 11 heteroatoms. The summed E-state index contributed by atoms with van der Waals surface area (Å²) in [6, 6.07) is 9.56. The molecule has 1 N–H and O–H groups in total. The van der Waals surface area contributed by atoms with Gasteiger partial charge in [0, 0.05) is 29.9 Å². The number of benzene rings is 2. The largest absolute Gasteiger partial charge is 0.295 e. The zero-order valence-electron chi connectivity index (χ0n) is 18.2. The second-order valence-corrected chi connectivity index (χ2v) is 8.35. The second kappa shape index (κ2) is 7.90. The highest BCUT2D eigenvalue weighted by atomic mass is 16.2. The summed E-state index contributed by atoms with van der Waals surface area (Å²) < 4.78 is 1.66. The van der Waals surface area contributed by atoms with Crippen LogP contribution in [0.2, 0.25) is 0 Å². The number of nitrogens with zero attached hydrogens (tertiary/aromatic N) is 6. The number of hydrogen-bond acceptors (Lipinski definition) is 8. The molecule has 0 aliphatic carbocycles. The Labute approximate surface area is 197 Å². The summed E-state index contributed by atoms with van der Waals surface area (Å²) in [6.45, 7) is 0.425. The Kier molecular flexibility index (Phi) is 4.69. The molecule has 6 rings (SSSR count). The van der Waals surface area contributed by atoms with Crippen molar-refractivity contribution in [2.45, 2.75) is 25.4 Å². The monoisotopic (exact) mass is 467 g/mol. The van der Waals surface area contributed by atoms with E-state index in [0.29, 0.717) is 17.8 Å². The third-order valence-corrected chi connectivity index (χ3v) is 6.19. The molecule has 1 unspecified atom stereocenters. The molecule has 4 aromatic rings. The maximum absolute atomic E-state index is 13.1. The summed E-state index contributed by atoms with van der Waals surface area (Å²) in [6.07, 6.45) is 5.20. The van der Waals surface area contributed by atoms with E-state index in [-0.39, 0.29) is 24.0 Å². The number of piperidine rings is 1. The lowest BCUT2D eigenvalue weighted by atomic mass is 10.0. The van der Waals surface area contributed by atoms with Crippen molar-refractivity contribution in [3.8, 4) is 11.3 Å². The van der Waals surface area contributed by atoms with E-state index in [4.69, 9.17) is 0 Å². The fraction of sp³-hybridized carbons (Fsp3) is 0.167. The number of aromatic nitrogens is 5. The van der Waals surface area contributed by atoms with Crippen LogP contribution in [0.5, 0.6) is 0 Å². The Morgan fingerprint density at radius 3 is 2.66 bits per heavy atom. The molecular weight excluding hydrogens is 450 g/mol. The van der Waals surface area contributed by atoms with Gasteiger partial charge in [0.05, 0.1) is 34.9 Å². The molecular formula is C24H17N7O4. The maximum Gasteiger partial charge on any atom is 0.262 e. The molecule has 1 saturated heterocycles. The van der Waals surface area contributed by atoms with Crippen LogP contribution in [0.25, 0.3) is 22.3 Å². The molecule has 2 aliphatic heterocycles. The minimum absolute atomic E-state index is 0.0699. The second-order valence-electron chi connectivity index (χ2n) is 8.35. The highest BCUT2D eigenvalue weighted by molar-refractivity contribution is 6.23. The van der Waals surface area contributed by atoms with Gasteiger partial charge in [-0.3, -0.25) is 39.4 Å². The van der Waals surface area contributed by atoms with Crippen LogP contribution in [0.1, 0.15) is 39.1 Å². The number of rotatable bonds is 4. The third kappa shape index (κ3) is 3.44. The zero-order chi connectivity index (χ0) is 24.1. The van der Waals surface area contributed by atoms with Gasteiger partial charge in [0.1, 0.15) is 11.7 Å². The van der Waals surface area contributed by atoms with Gasteiger partial charge in [-0.2, -0.15) is 0 Å². The van der Waals surface area contributed by atoms with E-state index in [2.05, 4.69) is 25.6 Å². The minimum atomic E-state index is -1.01. The summed E-state index contributed by atoms with van der Waals surface area (Å²) in [5.74, 6) is -2.17. The standard InChI is InChI=1S/C24H17N7O4/c32-20-7-6-19(22(33)27-20)31-23(34)15-5-4-13(10-16(15)24(31)35)18-12-30(29-28-18)11-14-2-1-3-17-21(14)26-9-8-25-17/h1-5,8-10,12,19H,6-7,11H2,(H,27,32,33). The van der Waals surface area contributed by atoms with Gasteiger partial charge in [-0.15, -0.1) is 5.10 Å². The van der Waals surface area contributed by atoms with Crippen molar-refractivity contribution >= 4 is 34.7 Å². The van der Waals surface area contributed by atoms with Crippen LogP contribution in [-0.2, 0) is 16.1 Å². The van der Waals surface area contributed by atoms with Gasteiger partial charge < -0.3 is 0 Å². The van der Waals surface area contributed by atoms with Gasteiger partial charge in [-0.1, -0.05) is 23.4 Å². The number of hydrogen-bond donors (Lipinski definition) is 1. The predicted octanol–water partition coefficient (Wildman–Crippen LogP) is 1.34. The van der Waals surface area contributed by atoms with E-state index >= 15 is 0 Å². The first-order valence-electron chi connectivity index (χ1n) is 10.9. The average Bonchev–Trinajstić information content (AvgIpc) is 3.42. The molecule has 2 aromatic heterocycles. The fourth-order valence-corrected chi connectivity index (χ4v) is 4.49. The highest BCUT2D eigenvalue weighted by Crippen LogP contribution is 2.30. The molecule has 2 aromatic carbocycles. The lowest BCUT2D eigenvalue weighted by Gasteiger charge is -2.27. The summed E-state index contributed by atoms with van der Waals surface area (Å²) in [4.78, 5) is 59.3. The predicted molar refractivity (Wildman–Crippen MR) is 121 cm³/mol. The quantitative estimate of drug-likeness (QED) is 0.444. The molecule has 11 nitrogen and oxygen atoms in total. The summed E-state index contributed by atoms with van der Waals surface area (Å²) >= 11 is 0. The van der Waals surface area contributed by atoms with Crippen molar-refractivity contribution in [2.75, 3.05) is 0 Å². The van der Waals surface area contributed by atoms with Crippen LogP contribution in [0, 0.1) is 0 Å². The van der Waals surface area contributed by atoms with Crippen LogP contribution >= 0.6 is 0 Å². The maximum atomic E-state index is 13.1. The van der Waals surface area contributed by atoms with Crippen molar-refractivity contribution in [3.05, 3.63) is 71.7 Å². The van der Waals surface area contributed by atoms with Crippen molar-refractivity contribution in [1.82, 2.24) is 35.2 Å². The van der Waals surface area contributed by atoms with E-state index in [1.54, 1.807) is 41.5 Å². The molecule has 0 spiro atoms. The summed E-state index contributed by atoms with van der Waals surface area (Å²) in [5, 5.41) is 10.6. The Morgan fingerprint density at radius 2 is 1.80 bits per heavy atom. The molecule has 1 fully saturated rings. The fourth-order valence-electron chi connectivity index (χ4n) is 4.49. The highest BCUT2D eigenvalue weighted by Gasteiger charge is 2.44. The van der Waals surface area contributed by atoms with Gasteiger partial charge in [0.25, 0.3) is 11.8 Å². The van der Waals surface area contributed by atoms with Crippen LogP contribution in [0.3, 0.4) is 0 Å². The Balaban J connectivity index is 1.27. The number of fused-ring (bicyclic) bond motifs is 2. The Bertz CT molecular complexity index is 1560. The molecule has 172 valence electrons. The van der Waals surface area contributed by atoms with Crippen molar-refractivity contribution in [2.24, 2.45) is 0 Å². The van der Waals surface area contributed by atoms with Crippen LogP contribution < -0.4 is 5.32 Å². The number of carbonyl (C=O) groups is 4. The average molecular weight is 467 g/mol. The van der Waals surface area contributed by atoms with Gasteiger partial charge in [0.2, 0.25) is 11.8 Å². The van der Waals surface area contributed by atoms with Crippen molar-refractivity contribution in [3.63, 3.8) is 0 Å². The molecule has 4 amide bonds. The molecule has 35 heavy (non-hydrogen) atoms. The lowest BCUT2D eigenvalue weighted by molar-refractivity contribution is -0.136. The summed E-state index contributed by atoms with van der Waals surface area (Å²) in [5.41, 5.74) is 4.04. The van der Waals surface area contributed by atoms with Gasteiger partial charge >= 0.3 is 0 Å². The normalized spacial score (nSPS) is 17.7. The van der Waals surface area contributed by atoms with Crippen LogP contribution in [0.15, 0.2) is 55.0 Å². The van der Waals surface area contributed by atoms with Crippen LogP contribution in [-0.4, -0.2) is 59.5 Å². The number of imide groups is 2. The molecule has 0 radical (unpaired) electrons. The van der Waals surface area contributed by atoms with E-state index in [9.17, 15) is 19.2 Å². The molecule has 0 bridgehead atoms. The number of amides is 4. The van der Waals surface area contributed by atoms with Crippen molar-refractivity contribution < 1.29 is 19.2 Å². The molecule has 4 heterocycles. The third-order valence-electron chi connectivity index (χ3n) is 6.19. The van der Waals surface area contributed by atoms with Crippen LogP contribution in [0.4, 0.5) is 0 Å². The molecule has 1 atom stereocenters. The zero-order valence-corrected chi connectivity index (χ0v) is 18.2. The number of nitrogens with one attached hydrogen (secondary N) is 1. The molecule has 2 aliphatic rings. The number of carbonyl (C=O) groups excluding carboxylic acids is 4. The van der Waals surface area contributed by atoms with Gasteiger partial charge in [0.15, 0.2) is 0 Å². The summed E-state index contributed by atoms with van der Waals surface area (Å²) in [7, 11) is 0. The smallest absolute Gasteiger partial charge is 0.262 e. The van der Waals surface area contributed by atoms with E-state index < -0.39 is 29.7 Å². The topological polar surface area (TPSA) is 140 Å².